The number of primary amides is 1. The van der Waals surface area contributed by atoms with Gasteiger partial charge in [0.1, 0.15) is 5.82 Å². The molecule has 3 rings (SSSR count). The lowest BCUT2D eigenvalue weighted by Crippen LogP contribution is -2.37. The Morgan fingerprint density at radius 3 is 2.81 bits per heavy atom. The molecule has 3 N–H and O–H groups in total. The van der Waals surface area contributed by atoms with Crippen molar-refractivity contribution in [1.29, 1.82) is 0 Å². The molecule has 2 heterocycles. The highest BCUT2D eigenvalue weighted by molar-refractivity contribution is 5.97. The average Bonchev–Trinajstić information content (AvgIpc) is 2.84. The van der Waals surface area contributed by atoms with Crippen molar-refractivity contribution in [3.63, 3.8) is 0 Å². The van der Waals surface area contributed by atoms with Gasteiger partial charge in [-0.2, -0.15) is 0 Å². The largest absolute Gasteiger partial charge is 0.452 e. The third-order valence-electron chi connectivity index (χ3n) is 4.15. The molecule has 3 amide bonds. The molecule has 2 aromatic rings. The molecule has 1 aliphatic rings. The maximum absolute atomic E-state index is 12.6. The first-order valence-electron chi connectivity index (χ1n) is 8.25. The van der Waals surface area contributed by atoms with Crippen molar-refractivity contribution >= 4 is 28.8 Å². The van der Waals surface area contributed by atoms with Crippen LogP contribution in [0.3, 0.4) is 0 Å². The minimum Gasteiger partial charge on any atom is -0.452 e. The van der Waals surface area contributed by atoms with E-state index in [9.17, 15) is 19.2 Å². The monoisotopic (exact) mass is 358 g/mol. The fourth-order valence-electron chi connectivity index (χ4n) is 2.93. The van der Waals surface area contributed by atoms with Gasteiger partial charge in [0.25, 0.3) is 11.5 Å². The van der Waals surface area contributed by atoms with E-state index in [0.29, 0.717) is 29.7 Å². The molecule has 1 aromatic carbocycles. The van der Waals surface area contributed by atoms with E-state index in [4.69, 9.17) is 10.5 Å². The summed E-state index contributed by atoms with van der Waals surface area (Å²) in [7, 11) is 0. The molecule has 1 aromatic heterocycles. The van der Waals surface area contributed by atoms with Crippen molar-refractivity contribution < 1.29 is 19.1 Å². The second kappa shape index (κ2) is 7.34. The van der Waals surface area contributed by atoms with Gasteiger partial charge in [-0.1, -0.05) is 6.42 Å². The quantitative estimate of drug-likeness (QED) is 0.766. The molecular weight excluding hydrogens is 340 g/mol. The van der Waals surface area contributed by atoms with E-state index in [1.807, 2.05) is 0 Å². The fraction of sp³-hybridized carbons (Fsp3) is 0.353. The zero-order chi connectivity index (χ0) is 18.7. The number of nitrogens with one attached hydrogen (secondary N) is 1. The Morgan fingerprint density at radius 1 is 1.23 bits per heavy atom. The van der Waals surface area contributed by atoms with E-state index in [-0.39, 0.29) is 11.1 Å². The molecule has 0 saturated carbocycles. The highest BCUT2D eigenvalue weighted by Crippen LogP contribution is 2.16. The first-order chi connectivity index (χ1) is 12.5. The molecule has 9 heteroatoms. The van der Waals surface area contributed by atoms with Gasteiger partial charge >= 0.3 is 12.0 Å². The zero-order valence-electron chi connectivity index (χ0n) is 14.0. The van der Waals surface area contributed by atoms with E-state index in [1.54, 1.807) is 9.88 Å². The summed E-state index contributed by atoms with van der Waals surface area (Å²) in [6.07, 6.45) is 3.67. The number of carbonyl (C=O) groups excluding carboxylic acids is 3. The molecule has 0 atom stereocenters. The number of rotatable bonds is 3. The summed E-state index contributed by atoms with van der Waals surface area (Å²) >= 11 is 0. The first-order valence-corrected chi connectivity index (χ1v) is 8.25. The van der Waals surface area contributed by atoms with Gasteiger partial charge in [0, 0.05) is 13.0 Å². The van der Waals surface area contributed by atoms with E-state index >= 15 is 0 Å². The highest BCUT2D eigenvalue weighted by atomic mass is 16.5. The number of benzene rings is 1. The molecule has 136 valence electrons. The van der Waals surface area contributed by atoms with Crippen LogP contribution in [0.4, 0.5) is 4.79 Å². The summed E-state index contributed by atoms with van der Waals surface area (Å²) in [5, 5.41) is 2.22. The Labute approximate surface area is 148 Å². The average molecular weight is 358 g/mol. The fourth-order valence-corrected chi connectivity index (χ4v) is 2.93. The summed E-state index contributed by atoms with van der Waals surface area (Å²) in [4.78, 5) is 51.1. The summed E-state index contributed by atoms with van der Waals surface area (Å²) in [6.45, 7) is 0.00988. The molecular formula is C17H18N4O5. The Balaban J connectivity index is 1.85. The van der Waals surface area contributed by atoms with E-state index < -0.39 is 24.5 Å². The van der Waals surface area contributed by atoms with Crippen molar-refractivity contribution in [2.75, 3.05) is 6.61 Å². The molecule has 1 aliphatic heterocycles. The van der Waals surface area contributed by atoms with Crippen molar-refractivity contribution in [2.45, 2.75) is 32.2 Å². The van der Waals surface area contributed by atoms with Gasteiger partial charge in [0.15, 0.2) is 6.61 Å². The van der Waals surface area contributed by atoms with Crippen LogP contribution in [-0.4, -0.2) is 34.1 Å². The number of hydrogen-bond acceptors (Lipinski definition) is 6. The lowest BCUT2D eigenvalue weighted by molar-refractivity contribution is -0.123. The summed E-state index contributed by atoms with van der Waals surface area (Å²) in [5.41, 5.74) is 5.26. The number of aryl methyl sites for hydroxylation is 1. The van der Waals surface area contributed by atoms with Crippen molar-refractivity contribution in [3.8, 4) is 0 Å². The van der Waals surface area contributed by atoms with Crippen molar-refractivity contribution in [1.82, 2.24) is 14.9 Å². The Morgan fingerprint density at radius 2 is 2.04 bits per heavy atom. The topological polar surface area (TPSA) is 133 Å². The molecule has 9 nitrogen and oxygen atoms in total. The predicted molar refractivity (Wildman–Crippen MR) is 91.6 cm³/mol. The van der Waals surface area contributed by atoms with Crippen molar-refractivity contribution in [2.24, 2.45) is 5.73 Å². The first kappa shape index (κ1) is 17.6. The standard InChI is InChI=1S/C17H18N4O5/c18-17(25)20-14(22)9-26-16(24)10-5-6-11-12(8-10)19-13-4-2-1-3-7-21(13)15(11)23/h5-6,8H,1-4,7,9H2,(H3,18,20,22,25). The number of urea groups is 1. The summed E-state index contributed by atoms with van der Waals surface area (Å²) < 4.78 is 6.53. The highest BCUT2D eigenvalue weighted by Gasteiger charge is 2.16. The minimum atomic E-state index is -1.03. The number of fused-ring (bicyclic) bond motifs is 2. The predicted octanol–water partition coefficient (Wildman–Crippen LogP) is 0.475. The number of hydrogen-bond donors (Lipinski definition) is 2. The number of nitrogens with two attached hydrogens (primary N) is 1. The lowest BCUT2D eigenvalue weighted by Gasteiger charge is -2.10. The number of esters is 1. The maximum Gasteiger partial charge on any atom is 0.338 e. The molecule has 0 spiro atoms. The van der Waals surface area contributed by atoms with Crippen LogP contribution in [-0.2, 0) is 22.5 Å². The van der Waals surface area contributed by atoms with Crippen LogP contribution < -0.4 is 16.6 Å². The van der Waals surface area contributed by atoms with E-state index in [1.165, 1.54) is 18.2 Å². The summed E-state index contributed by atoms with van der Waals surface area (Å²) in [5.74, 6) is -0.872. The zero-order valence-corrected chi connectivity index (χ0v) is 14.0. The molecule has 0 aliphatic carbocycles. The molecule has 0 fully saturated rings. The third kappa shape index (κ3) is 3.71. The number of imide groups is 1. The number of aromatic nitrogens is 2. The normalized spacial score (nSPS) is 13.5. The van der Waals surface area contributed by atoms with Crippen molar-refractivity contribution in [3.05, 3.63) is 39.9 Å². The van der Waals surface area contributed by atoms with Crippen LogP contribution in [0.2, 0.25) is 0 Å². The van der Waals surface area contributed by atoms with Gasteiger partial charge in [0.05, 0.1) is 16.5 Å². The van der Waals surface area contributed by atoms with Gasteiger partial charge in [-0.05, 0) is 31.0 Å². The van der Waals surface area contributed by atoms with Crippen LogP contribution in [0.5, 0.6) is 0 Å². The van der Waals surface area contributed by atoms with Gasteiger partial charge in [-0.15, -0.1) is 0 Å². The van der Waals surface area contributed by atoms with Crippen LogP contribution in [0, 0.1) is 0 Å². The molecule has 26 heavy (non-hydrogen) atoms. The molecule has 0 unspecified atom stereocenters. The van der Waals surface area contributed by atoms with Gasteiger partial charge in [0.2, 0.25) is 0 Å². The molecule has 0 radical (unpaired) electrons. The Kier molecular flexibility index (Phi) is 4.97. The lowest BCUT2D eigenvalue weighted by atomic mass is 10.1. The van der Waals surface area contributed by atoms with E-state index in [0.717, 1.165) is 19.3 Å². The van der Waals surface area contributed by atoms with Gasteiger partial charge in [-0.3, -0.25) is 19.5 Å². The third-order valence-corrected chi connectivity index (χ3v) is 4.15. The van der Waals surface area contributed by atoms with Gasteiger partial charge in [-0.25, -0.2) is 14.6 Å². The second-order valence-electron chi connectivity index (χ2n) is 6.02. The molecule has 0 bridgehead atoms. The van der Waals surface area contributed by atoms with Crippen LogP contribution in [0.15, 0.2) is 23.0 Å². The van der Waals surface area contributed by atoms with Crippen LogP contribution in [0.1, 0.15) is 35.4 Å². The SMILES string of the molecule is NC(=O)NC(=O)COC(=O)c1ccc2c(=O)n3c(nc2c1)CCCCC3. The minimum absolute atomic E-state index is 0.118. The number of carbonyl (C=O) groups is 3. The van der Waals surface area contributed by atoms with Gasteiger partial charge < -0.3 is 10.5 Å². The smallest absolute Gasteiger partial charge is 0.338 e. The summed E-state index contributed by atoms with van der Waals surface area (Å²) in [6, 6.07) is 3.42. The second-order valence-corrected chi connectivity index (χ2v) is 6.02. The maximum atomic E-state index is 12.6. The van der Waals surface area contributed by atoms with Crippen LogP contribution in [0.25, 0.3) is 10.9 Å². The number of amides is 3. The Hall–Kier alpha value is -3.23. The Bertz CT molecular complexity index is 950. The van der Waals surface area contributed by atoms with Crippen LogP contribution >= 0.6 is 0 Å². The number of nitrogens with zero attached hydrogens (tertiary/aromatic N) is 2. The molecule has 0 saturated heterocycles. The number of ether oxygens (including phenoxy) is 1. The van der Waals surface area contributed by atoms with E-state index in [2.05, 4.69) is 4.98 Å².